The van der Waals surface area contributed by atoms with E-state index in [1.54, 1.807) is 36.6 Å². The molecule has 0 saturated carbocycles. The van der Waals surface area contributed by atoms with Gasteiger partial charge in [0.2, 0.25) is 6.79 Å². The zero-order valence-electron chi connectivity index (χ0n) is 18.1. The molecule has 1 atom stereocenters. The summed E-state index contributed by atoms with van der Waals surface area (Å²) in [7, 11) is 0. The molecule has 3 aromatic rings. The van der Waals surface area contributed by atoms with Crippen molar-refractivity contribution in [2.45, 2.75) is 19.9 Å². The quantitative estimate of drug-likeness (QED) is 0.451. The van der Waals surface area contributed by atoms with Crippen molar-refractivity contribution in [1.82, 2.24) is 4.57 Å². The van der Waals surface area contributed by atoms with Crippen LogP contribution in [0.3, 0.4) is 0 Å². The van der Waals surface area contributed by atoms with E-state index >= 15 is 0 Å². The standard InChI is InChI=1S/C24H18BrClN2O5S/c1-3-31-23(30)20-12(2)27-24-28(21(20)13-4-6-15(25)7-5-13)22(29)19(34-24)9-14-8-17-18(10-16(14)26)33-11-32-17/h4-10,21H,3,11H2,1-2H3/b19-9-/t21-/m0/s1. The number of carbonyl (C=O) groups excluding carboxylic acids is 1. The lowest BCUT2D eigenvalue weighted by Gasteiger charge is -2.24. The summed E-state index contributed by atoms with van der Waals surface area (Å²) in [5.74, 6) is 0.634. The van der Waals surface area contributed by atoms with Crippen molar-refractivity contribution in [3.05, 3.63) is 88.0 Å². The average molecular weight is 562 g/mol. The minimum absolute atomic E-state index is 0.125. The van der Waals surface area contributed by atoms with E-state index in [1.807, 2.05) is 24.3 Å². The smallest absolute Gasteiger partial charge is 0.338 e. The highest BCUT2D eigenvalue weighted by atomic mass is 79.9. The largest absolute Gasteiger partial charge is 0.463 e. The van der Waals surface area contributed by atoms with Crippen molar-refractivity contribution in [2.75, 3.05) is 13.4 Å². The number of esters is 1. The zero-order valence-corrected chi connectivity index (χ0v) is 21.3. The van der Waals surface area contributed by atoms with Gasteiger partial charge < -0.3 is 14.2 Å². The highest BCUT2D eigenvalue weighted by molar-refractivity contribution is 9.10. The Bertz CT molecular complexity index is 1520. The van der Waals surface area contributed by atoms with E-state index in [9.17, 15) is 9.59 Å². The molecule has 0 unspecified atom stereocenters. The highest BCUT2D eigenvalue weighted by Crippen LogP contribution is 2.37. The van der Waals surface area contributed by atoms with Crippen molar-refractivity contribution in [2.24, 2.45) is 4.99 Å². The summed E-state index contributed by atoms with van der Waals surface area (Å²) in [6, 6.07) is 10.2. The molecule has 5 rings (SSSR count). The second kappa shape index (κ2) is 9.05. The van der Waals surface area contributed by atoms with Crippen molar-refractivity contribution < 1.29 is 19.0 Å². The topological polar surface area (TPSA) is 79.1 Å². The van der Waals surface area contributed by atoms with Gasteiger partial charge in [-0.05, 0) is 49.2 Å². The summed E-state index contributed by atoms with van der Waals surface area (Å²) < 4.78 is 19.0. The molecule has 3 heterocycles. The molecule has 2 aliphatic rings. The molecule has 2 aromatic carbocycles. The number of halogens is 2. The first-order valence-corrected chi connectivity index (χ1v) is 12.4. The van der Waals surface area contributed by atoms with Crippen molar-refractivity contribution in [1.29, 1.82) is 0 Å². The molecule has 0 spiro atoms. The molecule has 0 aliphatic carbocycles. The van der Waals surface area contributed by atoms with Gasteiger partial charge in [0, 0.05) is 10.5 Å². The summed E-state index contributed by atoms with van der Waals surface area (Å²) in [5, 5.41) is 0.433. The molecule has 0 radical (unpaired) electrons. The average Bonchev–Trinajstić information content (AvgIpc) is 3.37. The van der Waals surface area contributed by atoms with E-state index in [0.717, 1.165) is 10.0 Å². The zero-order chi connectivity index (χ0) is 24.0. The number of nitrogens with zero attached hydrogens (tertiary/aromatic N) is 2. The van der Waals surface area contributed by atoms with Crippen LogP contribution in [0.25, 0.3) is 6.08 Å². The number of aromatic nitrogens is 1. The number of benzene rings is 2. The number of hydrogen-bond donors (Lipinski definition) is 0. The van der Waals surface area contributed by atoms with Gasteiger partial charge in [0.15, 0.2) is 16.3 Å². The number of carbonyl (C=O) groups is 1. The van der Waals surface area contributed by atoms with Gasteiger partial charge in [-0.2, -0.15) is 0 Å². The maximum atomic E-state index is 13.6. The van der Waals surface area contributed by atoms with Crippen LogP contribution in [0.1, 0.15) is 31.0 Å². The minimum atomic E-state index is -0.669. The van der Waals surface area contributed by atoms with E-state index in [2.05, 4.69) is 20.9 Å². The van der Waals surface area contributed by atoms with Gasteiger partial charge in [-0.3, -0.25) is 9.36 Å². The van der Waals surface area contributed by atoms with E-state index in [0.29, 0.717) is 42.7 Å². The normalized spacial score (nSPS) is 16.9. The molecule has 0 bridgehead atoms. The van der Waals surface area contributed by atoms with Crippen LogP contribution >= 0.6 is 38.9 Å². The van der Waals surface area contributed by atoms with Gasteiger partial charge in [-0.25, -0.2) is 9.79 Å². The fraction of sp³-hybridized carbons (Fsp3) is 0.208. The number of fused-ring (bicyclic) bond motifs is 2. The van der Waals surface area contributed by atoms with Gasteiger partial charge in [-0.1, -0.05) is 51.0 Å². The number of ether oxygens (including phenoxy) is 3. The number of rotatable bonds is 4. The first-order chi connectivity index (χ1) is 16.4. The third kappa shape index (κ3) is 3.97. The minimum Gasteiger partial charge on any atom is -0.463 e. The predicted molar refractivity (Wildman–Crippen MR) is 132 cm³/mol. The molecule has 10 heteroatoms. The fourth-order valence-corrected chi connectivity index (χ4v) is 5.45. The Balaban J connectivity index is 1.71. The molecular formula is C24H18BrClN2O5S. The van der Waals surface area contributed by atoms with Crippen LogP contribution < -0.4 is 24.4 Å². The molecule has 0 saturated heterocycles. The Morgan fingerprint density at radius 1 is 1.29 bits per heavy atom. The fourth-order valence-electron chi connectivity index (χ4n) is 3.94. The Morgan fingerprint density at radius 2 is 2.00 bits per heavy atom. The lowest BCUT2D eigenvalue weighted by atomic mass is 9.96. The molecule has 34 heavy (non-hydrogen) atoms. The first kappa shape index (κ1) is 22.9. The van der Waals surface area contributed by atoms with Crippen molar-refractivity contribution >= 4 is 50.9 Å². The molecule has 0 fully saturated rings. The number of thiazole rings is 1. The van der Waals surface area contributed by atoms with Gasteiger partial charge in [0.05, 0.1) is 33.5 Å². The van der Waals surface area contributed by atoms with E-state index in [1.165, 1.54) is 11.3 Å². The highest BCUT2D eigenvalue weighted by Gasteiger charge is 2.33. The van der Waals surface area contributed by atoms with Gasteiger partial charge in [0.25, 0.3) is 5.56 Å². The summed E-state index contributed by atoms with van der Waals surface area (Å²) >= 11 is 11.1. The van der Waals surface area contributed by atoms with Crippen LogP contribution in [0.4, 0.5) is 0 Å². The second-order valence-corrected chi connectivity index (χ2v) is 9.91. The summed E-state index contributed by atoms with van der Waals surface area (Å²) in [5.41, 5.74) is 1.97. The molecule has 7 nitrogen and oxygen atoms in total. The summed E-state index contributed by atoms with van der Waals surface area (Å²) in [4.78, 5) is 31.6. The Kier molecular flexibility index (Phi) is 6.09. The third-order valence-electron chi connectivity index (χ3n) is 5.48. The Labute approximate surface area is 211 Å². The third-order valence-corrected chi connectivity index (χ3v) is 7.32. The molecule has 174 valence electrons. The van der Waals surface area contributed by atoms with Crippen LogP contribution in [-0.2, 0) is 9.53 Å². The number of allylic oxidation sites excluding steroid dienone is 1. The molecule has 2 aliphatic heterocycles. The van der Waals surface area contributed by atoms with Crippen LogP contribution in [0.5, 0.6) is 11.5 Å². The van der Waals surface area contributed by atoms with Crippen LogP contribution in [0, 0.1) is 0 Å². The van der Waals surface area contributed by atoms with Crippen molar-refractivity contribution in [3.8, 4) is 11.5 Å². The lowest BCUT2D eigenvalue weighted by molar-refractivity contribution is -0.139. The van der Waals surface area contributed by atoms with Gasteiger partial charge in [-0.15, -0.1) is 0 Å². The van der Waals surface area contributed by atoms with Gasteiger partial charge in [0.1, 0.15) is 0 Å². The van der Waals surface area contributed by atoms with E-state index < -0.39 is 12.0 Å². The first-order valence-electron chi connectivity index (χ1n) is 10.4. The molecule has 0 amide bonds. The molecule has 0 N–H and O–H groups in total. The number of hydrogen-bond acceptors (Lipinski definition) is 7. The summed E-state index contributed by atoms with van der Waals surface area (Å²) in [6.07, 6.45) is 1.70. The van der Waals surface area contributed by atoms with E-state index in [4.69, 9.17) is 25.8 Å². The van der Waals surface area contributed by atoms with E-state index in [-0.39, 0.29) is 19.0 Å². The van der Waals surface area contributed by atoms with Crippen LogP contribution in [0.15, 0.2) is 61.9 Å². The maximum absolute atomic E-state index is 13.6. The lowest BCUT2D eigenvalue weighted by Crippen LogP contribution is -2.39. The van der Waals surface area contributed by atoms with Gasteiger partial charge >= 0.3 is 5.97 Å². The summed E-state index contributed by atoms with van der Waals surface area (Å²) in [6.45, 7) is 3.84. The predicted octanol–water partition coefficient (Wildman–Crippen LogP) is 3.94. The SMILES string of the molecule is CCOC(=O)C1=C(C)N=c2s/c(=C\c3cc4c(cc3Cl)OCO4)c(=O)n2[C@H]1c1ccc(Br)cc1. The monoisotopic (exact) mass is 560 g/mol. The second-order valence-electron chi connectivity index (χ2n) is 7.58. The maximum Gasteiger partial charge on any atom is 0.338 e. The molecular weight excluding hydrogens is 544 g/mol. The van der Waals surface area contributed by atoms with Crippen molar-refractivity contribution in [3.63, 3.8) is 0 Å². The van der Waals surface area contributed by atoms with Crippen LogP contribution in [-0.4, -0.2) is 23.9 Å². The Hall–Kier alpha value is -2.88. The molecule has 1 aromatic heterocycles. The van der Waals surface area contributed by atoms with Crippen LogP contribution in [0.2, 0.25) is 5.02 Å². The Morgan fingerprint density at radius 3 is 2.71 bits per heavy atom.